The molecular formula is C17H18N4O4. The number of benzene rings is 1. The summed E-state index contributed by atoms with van der Waals surface area (Å²) in [4.78, 5) is 0. The number of H-pyrrole nitrogens is 1. The molecule has 1 aromatic carbocycles. The minimum absolute atomic E-state index is 0.000150. The molecule has 0 amide bonds. The van der Waals surface area contributed by atoms with E-state index in [-0.39, 0.29) is 28.7 Å². The number of allylic oxidation sites excluding steroid dienone is 1. The number of aromatic nitrogens is 2. The topological polar surface area (TPSA) is 126 Å². The van der Waals surface area contributed by atoms with Crippen molar-refractivity contribution >= 4 is 0 Å². The van der Waals surface area contributed by atoms with Gasteiger partial charge in [0, 0.05) is 11.3 Å². The lowest BCUT2D eigenvalue weighted by Crippen LogP contribution is -2.21. The third-order valence-corrected chi connectivity index (χ3v) is 4.21. The number of aryl methyl sites for hydroxylation is 1. The van der Waals surface area contributed by atoms with E-state index < -0.39 is 5.92 Å². The molecule has 8 heteroatoms. The van der Waals surface area contributed by atoms with E-state index in [2.05, 4.69) is 16.3 Å². The Morgan fingerprint density at radius 2 is 2.00 bits per heavy atom. The number of hydrogen-bond acceptors (Lipinski definition) is 7. The van der Waals surface area contributed by atoms with Crippen molar-refractivity contribution in [1.29, 1.82) is 5.26 Å². The number of aromatic amines is 1. The predicted octanol–water partition coefficient (Wildman–Crippen LogP) is 1.91. The van der Waals surface area contributed by atoms with Crippen LogP contribution in [0.2, 0.25) is 0 Å². The Balaban J connectivity index is 2.28. The van der Waals surface area contributed by atoms with Gasteiger partial charge in [-0.2, -0.15) is 5.26 Å². The molecule has 1 aromatic heterocycles. The van der Waals surface area contributed by atoms with E-state index in [1.807, 2.05) is 6.92 Å². The third kappa shape index (κ3) is 2.50. The fraction of sp³-hybridized carbons (Fsp3) is 0.294. The van der Waals surface area contributed by atoms with Crippen molar-refractivity contribution in [1.82, 2.24) is 10.2 Å². The molecule has 2 aromatic rings. The van der Waals surface area contributed by atoms with Crippen LogP contribution in [0.25, 0.3) is 0 Å². The molecule has 130 valence electrons. The van der Waals surface area contributed by atoms with Gasteiger partial charge in [0.05, 0.1) is 20.1 Å². The molecule has 8 nitrogen and oxygen atoms in total. The number of fused-ring (bicyclic) bond motifs is 1. The largest absolute Gasteiger partial charge is 0.502 e. The molecular weight excluding hydrogens is 324 g/mol. The number of hydrogen-bond donors (Lipinski definition) is 3. The predicted molar refractivity (Wildman–Crippen MR) is 88.5 cm³/mol. The van der Waals surface area contributed by atoms with Crippen molar-refractivity contribution in [2.24, 2.45) is 5.73 Å². The monoisotopic (exact) mass is 342 g/mol. The van der Waals surface area contributed by atoms with Crippen molar-refractivity contribution in [3.63, 3.8) is 0 Å². The summed E-state index contributed by atoms with van der Waals surface area (Å²) in [6.07, 6.45) is 0.674. The zero-order chi connectivity index (χ0) is 18.1. The van der Waals surface area contributed by atoms with Crippen LogP contribution < -0.4 is 19.9 Å². The molecule has 0 radical (unpaired) electrons. The van der Waals surface area contributed by atoms with E-state index in [4.69, 9.17) is 19.9 Å². The maximum Gasteiger partial charge on any atom is 0.244 e. The average Bonchev–Trinajstić information content (AvgIpc) is 3.03. The Morgan fingerprint density at radius 1 is 1.36 bits per heavy atom. The smallest absolute Gasteiger partial charge is 0.244 e. The first-order valence-corrected chi connectivity index (χ1v) is 7.65. The number of phenols is 1. The number of nitrogens with zero attached hydrogens (tertiary/aromatic N) is 2. The Morgan fingerprint density at radius 3 is 2.52 bits per heavy atom. The highest BCUT2D eigenvalue weighted by molar-refractivity contribution is 5.60. The number of nitrogens with one attached hydrogen (secondary N) is 1. The van der Waals surface area contributed by atoms with Gasteiger partial charge in [-0.3, -0.25) is 5.10 Å². The fourth-order valence-electron chi connectivity index (χ4n) is 2.99. The standard InChI is InChI=1S/C17H18N4O4/c1-4-10-14-13(9(7-18)16(19)25-17(14)21-20-10)8-5-11(23-2)15(22)12(6-8)24-3/h5-6,13,22H,4,19H2,1-3H3,(H,20,21)/t13-/m0/s1. The number of rotatable bonds is 4. The van der Waals surface area contributed by atoms with E-state index in [0.717, 1.165) is 11.3 Å². The molecule has 0 spiro atoms. The van der Waals surface area contributed by atoms with Gasteiger partial charge in [-0.05, 0) is 24.1 Å². The van der Waals surface area contributed by atoms with Gasteiger partial charge in [0.25, 0.3) is 0 Å². The van der Waals surface area contributed by atoms with E-state index in [9.17, 15) is 10.4 Å². The summed E-state index contributed by atoms with van der Waals surface area (Å²) in [5.41, 5.74) is 8.44. The molecule has 2 heterocycles. The van der Waals surface area contributed by atoms with Gasteiger partial charge in [-0.15, -0.1) is 5.10 Å². The van der Waals surface area contributed by atoms with Crippen LogP contribution in [0.3, 0.4) is 0 Å². The third-order valence-electron chi connectivity index (χ3n) is 4.21. The Labute approximate surface area is 144 Å². The number of methoxy groups -OCH3 is 2. The fourth-order valence-corrected chi connectivity index (χ4v) is 2.99. The number of phenolic OH excluding ortho intramolecular Hbond substituents is 1. The summed E-state index contributed by atoms with van der Waals surface area (Å²) >= 11 is 0. The van der Waals surface area contributed by atoms with Crippen LogP contribution in [0.1, 0.15) is 29.7 Å². The first-order valence-electron chi connectivity index (χ1n) is 7.65. The Bertz CT molecular complexity index is 870. The molecule has 0 unspecified atom stereocenters. The van der Waals surface area contributed by atoms with Crippen LogP contribution >= 0.6 is 0 Å². The van der Waals surface area contributed by atoms with Gasteiger partial charge >= 0.3 is 0 Å². The van der Waals surface area contributed by atoms with Crippen LogP contribution in [0, 0.1) is 11.3 Å². The van der Waals surface area contributed by atoms with Gasteiger partial charge in [0.15, 0.2) is 11.5 Å². The maximum absolute atomic E-state index is 10.1. The highest BCUT2D eigenvalue weighted by Gasteiger charge is 2.35. The molecule has 1 atom stereocenters. The van der Waals surface area contributed by atoms with Crippen LogP contribution in [-0.4, -0.2) is 29.5 Å². The van der Waals surface area contributed by atoms with Crippen molar-refractivity contribution in [2.75, 3.05) is 14.2 Å². The quantitative estimate of drug-likeness (QED) is 0.774. The first-order chi connectivity index (χ1) is 12.0. The van der Waals surface area contributed by atoms with Crippen LogP contribution in [0.15, 0.2) is 23.6 Å². The molecule has 0 bridgehead atoms. The minimum Gasteiger partial charge on any atom is -0.502 e. The summed E-state index contributed by atoms with van der Waals surface area (Å²) in [5.74, 6) is 0.189. The highest BCUT2D eigenvalue weighted by atomic mass is 16.5. The van der Waals surface area contributed by atoms with E-state index >= 15 is 0 Å². The second kappa shape index (κ2) is 6.28. The van der Waals surface area contributed by atoms with E-state index in [1.54, 1.807) is 12.1 Å². The van der Waals surface area contributed by atoms with Crippen molar-refractivity contribution in [2.45, 2.75) is 19.3 Å². The highest BCUT2D eigenvalue weighted by Crippen LogP contribution is 2.47. The van der Waals surface area contributed by atoms with E-state index in [1.165, 1.54) is 14.2 Å². The summed E-state index contributed by atoms with van der Waals surface area (Å²) < 4.78 is 15.9. The molecule has 1 aliphatic rings. The molecule has 0 aliphatic carbocycles. The zero-order valence-electron chi connectivity index (χ0n) is 14.1. The van der Waals surface area contributed by atoms with Crippen molar-refractivity contribution in [3.05, 3.63) is 40.4 Å². The Kier molecular flexibility index (Phi) is 4.15. The lowest BCUT2D eigenvalue weighted by Gasteiger charge is -2.25. The molecule has 0 saturated heterocycles. The van der Waals surface area contributed by atoms with Gasteiger partial charge in [-0.25, -0.2) is 0 Å². The lowest BCUT2D eigenvalue weighted by atomic mass is 9.83. The Hall–Kier alpha value is -3.34. The molecule has 25 heavy (non-hydrogen) atoms. The number of nitriles is 1. The van der Waals surface area contributed by atoms with Crippen molar-refractivity contribution < 1.29 is 19.3 Å². The minimum atomic E-state index is -0.508. The summed E-state index contributed by atoms with van der Waals surface area (Å²) in [6.45, 7) is 1.97. The second-order valence-electron chi connectivity index (χ2n) is 5.47. The second-order valence-corrected chi connectivity index (χ2v) is 5.47. The number of aromatic hydroxyl groups is 1. The summed E-state index contributed by atoms with van der Waals surface area (Å²) in [7, 11) is 2.89. The van der Waals surface area contributed by atoms with Crippen LogP contribution in [0.5, 0.6) is 23.1 Å². The average molecular weight is 342 g/mol. The molecule has 1 aliphatic heterocycles. The lowest BCUT2D eigenvalue weighted by molar-refractivity contribution is 0.338. The summed E-state index contributed by atoms with van der Waals surface area (Å²) in [5, 5.41) is 26.8. The van der Waals surface area contributed by atoms with Crippen molar-refractivity contribution in [3.8, 4) is 29.2 Å². The number of ether oxygens (including phenoxy) is 3. The van der Waals surface area contributed by atoms with Gasteiger partial charge in [0.2, 0.25) is 17.5 Å². The van der Waals surface area contributed by atoms with Crippen LogP contribution in [-0.2, 0) is 6.42 Å². The maximum atomic E-state index is 10.1. The zero-order valence-corrected chi connectivity index (χ0v) is 14.1. The van der Waals surface area contributed by atoms with Crippen LogP contribution in [0.4, 0.5) is 0 Å². The SMILES string of the molecule is CCc1[nH]nc2c1[C@@H](c1cc(OC)c(O)c(OC)c1)C(C#N)=C(N)O2. The van der Waals surface area contributed by atoms with Gasteiger partial charge in [0.1, 0.15) is 11.6 Å². The number of nitrogens with two attached hydrogens (primary N) is 1. The normalized spacial score (nSPS) is 16.0. The molecule has 3 rings (SSSR count). The van der Waals surface area contributed by atoms with Gasteiger partial charge in [-0.1, -0.05) is 6.92 Å². The molecule has 4 N–H and O–H groups in total. The molecule has 0 saturated carbocycles. The summed E-state index contributed by atoms with van der Waals surface area (Å²) in [6, 6.07) is 5.41. The van der Waals surface area contributed by atoms with Gasteiger partial charge < -0.3 is 25.1 Å². The first kappa shape index (κ1) is 16.5. The molecule has 0 fully saturated rings. The van der Waals surface area contributed by atoms with E-state index in [0.29, 0.717) is 17.9 Å².